The third kappa shape index (κ3) is 5.52. The molecule has 2 N–H and O–H groups in total. The second-order valence-electron chi connectivity index (χ2n) is 9.53. The Bertz CT molecular complexity index is 911. The summed E-state index contributed by atoms with van der Waals surface area (Å²) in [5.74, 6) is -2.21. The van der Waals surface area contributed by atoms with Gasteiger partial charge in [0.15, 0.2) is 5.57 Å². The zero-order valence-corrected chi connectivity index (χ0v) is 19.0. The number of carbonyl (C=O) groups is 3. The lowest BCUT2D eigenvalue weighted by Gasteiger charge is -2.44. The normalized spacial score (nSPS) is 23.2. The van der Waals surface area contributed by atoms with Gasteiger partial charge in [-0.3, -0.25) is 0 Å². The van der Waals surface area contributed by atoms with E-state index in [2.05, 4.69) is 5.32 Å². The number of carboxylic acid groups (broad SMARTS) is 1. The summed E-state index contributed by atoms with van der Waals surface area (Å²) in [6.45, 7) is 9.45. The predicted octanol–water partition coefficient (Wildman–Crippen LogP) is 3.75. The molecular weight excluding hydrogens is 416 g/mol. The van der Waals surface area contributed by atoms with E-state index in [9.17, 15) is 19.5 Å². The fourth-order valence-corrected chi connectivity index (χ4v) is 3.88. The van der Waals surface area contributed by atoms with Gasteiger partial charge in [-0.25, -0.2) is 14.4 Å². The summed E-state index contributed by atoms with van der Waals surface area (Å²) < 4.78 is 16.3. The monoisotopic (exact) mass is 446 g/mol. The van der Waals surface area contributed by atoms with Crippen molar-refractivity contribution in [2.45, 2.75) is 65.4 Å². The number of piperidine rings is 1. The summed E-state index contributed by atoms with van der Waals surface area (Å²) in [7, 11) is 0. The number of rotatable bonds is 4. The van der Waals surface area contributed by atoms with Gasteiger partial charge in [0, 0.05) is 57.2 Å². The molecule has 0 aromatic heterocycles. The third-order valence-electron chi connectivity index (χ3n) is 5.44. The maximum atomic E-state index is 12.1. The number of anilines is 1. The first-order chi connectivity index (χ1) is 14.9. The largest absolute Gasteiger partial charge is 0.490 e. The lowest BCUT2D eigenvalue weighted by atomic mass is 9.80. The topological polar surface area (TPSA) is 114 Å². The number of ether oxygens (including phenoxy) is 3. The Morgan fingerprint density at radius 3 is 2.50 bits per heavy atom. The molecular formula is C23H30N2O7. The SMILES string of the molecule is CC1(C)OC(=O)C(=CNc2cccc(OC3CCN(C(=O)O)C(C(C)(C)C)C3)c2)C(=O)O1. The Labute approximate surface area is 187 Å². The van der Waals surface area contributed by atoms with Crippen molar-refractivity contribution in [3.05, 3.63) is 36.0 Å². The first kappa shape index (κ1) is 23.4. The van der Waals surface area contributed by atoms with Crippen LogP contribution >= 0.6 is 0 Å². The van der Waals surface area contributed by atoms with Gasteiger partial charge in [-0.1, -0.05) is 26.8 Å². The van der Waals surface area contributed by atoms with Gasteiger partial charge < -0.3 is 29.5 Å². The minimum atomic E-state index is -1.29. The molecule has 1 aromatic carbocycles. The van der Waals surface area contributed by atoms with Gasteiger partial charge in [0.05, 0.1) is 0 Å². The van der Waals surface area contributed by atoms with Crippen LogP contribution in [0, 0.1) is 5.41 Å². The molecule has 2 unspecified atom stereocenters. The fraction of sp³-hybridized carbons (Fsp3) is 0.522. The van der Waals surface area contributed by atoms with Gasteiger partial charge >= 0.3 is 18.0 Å². The van der Waals surface area contributed by atoms with Crippen LogP contribution in [0.2, 0.25) is 0 Å². The first-order valence-electron chi connectivity index (χ1n) is 10.6. The standard InChI is InChI=1S/C23H30N2O7/c1-22(2,3)18-12-16(9-10-25(18)21(28)29)30-15-8-6-7-14(11-15)24-13-17-19(26)31-23(4,5)32-20(17)27/h6-8,11,13,16,18,24H,9-10,12H2,1-5H3,(H,28,29). The van der Waals surface area contributed by atoms with Crippen molar-refractivity contribution in [1.82, 2.24) is 4.90 Å². The Hall–Kier alpha value is -3.23. The number of cyclic esters (lactones) is 2. The third-order valence-corrected chi connectivity index (χ3v) is 5.44. The molecule has 2 aliphatic heterocycles. The zero-order valence-electron chi connectivity index (χ0n) is 19.0. The van der Waals surface area contributed by atoms with Crippen molar-refractivity contribution in [2.75, 3.05) is 11.9 Å². The van der Waals surface area contributed by atoms with Crippen LogP contribution in [0.15, 0.2) is 36.0 Å². The molecule has 2 aliphatic rings. The number of esters is 2. The zero-order chi connectivity index (χ0) is 23.7. The van der Waals surface area contributed by atoms with Gasteiger partial charge in [-0.15, -0.1) is 0 Å². The molecule has 1 amide bonds. The van der Waals surface area contributed by atoms with Gasteiger partial charge in [-0.2, -0.15) is 0 Å². The van der Waals surface area contributed by atoms with Crippen LogP contribution in [0.25, 0.3) is 0 Å². The van der Waals surface area contributed by atoms with E-state index < -0.39 is 23.8 Å². The van der Waals surface area contributed by atoms with Crippen molar-refractivity contribution in [3.63, 3.8) is 0 Å². The van der Waals surface area contributed by atoms with Crippen molar-refractivity contribution < 1.29 is 33.7 Å². The average molecular weight is 447 g/mol. The van der Waals surface area contributed by atoms with Crippen LogP contribution in [-0.2, 0) is 19.1 Å². The van der Waals surface area contributed by atoms with Crippen LogP contribution in [0.1, 0.15) is 47.5 Å². The molecule has 0 aliphatic carbocycles. The van der Waals surface area contributed by atoms with Crippen molar-refractivity contribution in [1.29, 1.82) is 0 Å². The van der Waals surface area contributed by atoms with Crippen LogP contribution in [0.3, 0.4) is 0 Å². The maximum Gasteiger partial charge on any atom is 0.407 e. The van der Waals surface area contributed by atoms with Crippen LogP contribution in [-0.4, -0.2) is 52.5 Å². The van der Waals surface area contributed by atoms with E-state index in [0.717, 1.165) is 0 Å². The van der Waals surface area contributed by atoms with Gasteiger partial charge in [0.25, 0.3) is 5.79 Å². The highest BCUT2D eigenvalue weighted by molar-refractivity contribution is 6.15. The van der Waals surface area contributed by atoms with Crippen molar-refractivity contribution >= 4 is 23.7 Å². The number of nitrogens with zero attached hydrogens (tertiary/aromatic N) is 1. The van der Waals surface area contributed by atoms with Crippen molar-refractivity contribution in [2.24, 2.45) is 5.41 Å². The number of hydrogen-bond acceptors (Lipinski definition) is 7. The molecule has 0 radical (unpaired) electrons. The number of hydrogen-bond donors (Lipinski definition) is 2. The number of likely N-dealkylation sites (tertiary alicyclic amines) is 1. The lowest BCUT2D eigenvalue weighted by Crippen LogP contribution is -2.53. The molecule has 9 heteroatoms. The number of carbonyl (C=O) groups excluding carboxylic acids is 2. The first-order valence-corrected chi connectivity index (χ1v) is 10.6. The smallest absolute Gasteiger partial charge is 0.407 e. The average Bonchev–Trinajstić information content (AvgIpc) is 2.66. The summed E-state index contributed by atoms with van der Waals surface area (Å²) >= 11 is 0. The molecule has 32 heavy (non-hydrogen) atoms. The molecule has 2 saturated heterocycles. The molecule has 0 saturated carbocycles. The molecule has 2 atom stereocenters. The summed E-state index contributed by atoms with van der Waals surface area (Å²) in [4.78, 5) is 37.2. The molecule has 174 valence electrons. The van der Waals surface area contributed by atoms with E-state index in [1.807, 2.05) is 20.8 Å². The van der Waals surface area contributed by atoms with Crippen LogP contribution in [0.5, 0.6) is 5.75 Å². The Morgan fingerprint density at radius 1 is 1.25 bits per heavy atom. The highest BCUT2D eigenvalue weighted by atomic mass is 16.7. The van der Waals surface area contributed by atoms with Crippen molar-refractivity contribution in [3.8, 4) is 5.75 Å². The summed E-state index contributed by atoms with van der Waals surface area (Å²) in [6, 6.07) is 6.94. The molecule has 2 heterocycles. The Morgan fingerprint density at radius 2 is 1.91 bits per heavy atom. The summed E-state index contributed by atoms with van der Waals surface area (Å²) in [5.41, 5.74) is 0.161. The highest BCUT2D eigenvalue weighted by Crippen LogP contribution is 2.34. The fourth-order valence-electron chi connectivity index (χ4n) is 3.88. The molecule has 0 bridgehead atoms. The number of amides is 1. The van der Waals surface area contributed by atoms with Gasteiger partial charge in [-0.05, 0) is 17.5 Å². The van der Waals surface area contributed by atoms with Gasteiger partial charge in [0.2, 0.25) is 0 Å². The lowest BCUT2D eigenvalue weighted by molar-refractivity contribution is -0.222. The predicted molar refractivity (Wildman–Crippen MR) is 116 cm³/mol. The molecule has 0 spiro atoms. The molecule has 2 fully saturated rings. The Kier molecular flexibility index (Phi) is 6.39. The van der Waals surface area contributed by atoms with E-state index in [1.54, 1.807) is 24.3 Å². The minimum absolute atomic E-state index is 0.131. The quantitative estimate of drug-likeness (QED) is 0.408. The van der Waals surface area contributed by atoms with Crippen LogP contribution in [0.4, 0.5) is 10.5 Å². The summed E-state index contributed by atoms with van der Waals surface area (Å²) in [5, 5.41) is 12.4. The van der Waals surface area contributed by atoms with E-state index in [4.69, 9.17) is 14.2 Å². The van der Waals surface area contributed by atoms with E-state index >= 15 is 0 Å². The van der Waals surface area contributed by atoms with E-state index in [0.29, 0.717) is 30.8 Å². The van der Waals surface area contributed by atoms with Crippen LogP contribution < -0.4 is 10.1 Å². The summed E-state index contributed by atoms with van der Waals surface area (Å²) in [6.07, 6.45) is 1.39. The molecule has 9 nitrogen and oxygen atoms in total. The number of benzene rings is 1. The second-order valence-corrected chi connectivity index (χ2v) is 9.53. The second kappa shape index (κ2) is 8.72. The number of nitrogens with one attached hydrogen (secondary N) is 1. The maximum absolute atomic E-state index is 12.1. The minimum Gasteiger partial charge on any atom is -0.490 e. The van der Waals surface area contributed by atoms with E-state index in [1.165, 1.54) is 24.9 Å². The molecule has 1 aromatic rings. The van der Waals surface area contributed by atoms with Gasteiger partial charge in [0.1, 0.15) is 11.9 Å². The Balaban J connectivity index is 1.67. The van der Waals surface area contributed by atoms with E-state index in [-0.39, 0.29) is 23.1 Å². The molecule has 3 rings (SSSR count). The highest BCUT2D eigenvalue weighted by Gasteiger charge is 2.40.